The van der Waals surface area contributed by atoms with Gasteiger partial charge in [0.2, 0.25) is 5.91 Å². The number of hydrogen-bond acceptors (Lipinski definition) is 3. The van der Waals surface area contributed by atoms with Crippen molar-refractivity contribution in [1.29, 1.82) is 0 Å². The van der Waals surface area contributed by atoms with Crippen LogP contribution in [0.2, 0.25) is 0 Å². The average molecular weight is 288 g/mol. The van der Waals surface area contributed by atoms with Crippen molar-refractivity contribution in [3.63, 3.8) is 0 Å². The van der Waals surface area contributed by atoms with E-state index in [9.17, 15) is 4.79 Å². The van der Waals surface area contributed by atoms with Crippen LogP contribution >= 0.6 is 11.3 Å². The fraction of sp³-hybridized carbons (Fsp3) is 0.312. The molecule has 0 saturated heterocycles. The quantitative estimate of drug-likeness (QED) is 0.888. The molecule has 3 nitrogen and oxygen atoms in total. The number of rotatable bonds is 6. The highest BCUT2D eigenvalue weighted by Gasteiger charge is 2.17. The van der Waals surface area contributed by atoms with E-state index < -0.39 is 6.04 Å². The first kappa shape index (κ1) is 14.8. The molecule has 0 saturated carbocycles. The maximum atomic E-state index is 12.2. The van der Waals surface area contributed by atoms with Gasteiger partial charge in [-0.15, -0.1) is 11.3 Å². The molecule has 2 rings (SSSR count). The van der Waals surface area contributed by atoms with Crippen LogP contribution in [-0.4, -0.2) is 23.4 Å². The third-order valence-corrected chi connectivity index (χ3v) is 4.00. The third kappa shape index (κ3) is 4.18. The monoisotopic (exact) mass is 288 g/mol. The fourth-order valence-corrected chi connectivity index (χ4v) is 2.77. The summed E-state index contributed by atoms with van der Waals surface area (Å²) in [6.45, 7) is 3.08. The Bertz CT molecular complexity index is 523. The van der Waals surface area contributed by atoms with Gasteiger partial charge in [0.25, 0.3) is 0 Å². The highest BCUT2D eigenvalue weighted by molar-refractivity contribution is 7.09. The van der Waals surface area contributed by atoms with Crippen LogP contribution in [0.15, 0.2) is 47.8 Å². The molecule has 0 aliphatic rings. The van der Waals surface area contributed by atoms with E-state index in [-0.39, 0.29) is 5.91 Å². The minimum Gasteiger partial charge on any atom is -0.336 e. The number of amides is 1. The molecule has 0 aliphatic carbocycles. The molecule has 0 fully saturated rings. The normalized spacial score (nSPS) is 12.1. The van der Waals surface area contributed by atoms with Gasteiger partial charge in [0.1, 0.15) is 0 Å². The van der Waals surface area contributed by atoms with Crippen LogP contribution in [-0.2, 0) is 17.8 Å². The van der Waals surface area contributed by atoms with Crippen molar-refractivity contribution in [3.8, 4) is 0 Å². The van der Waals surface area contributed by atoms with Crippen LogP contribution in [0.1, 0.15) is 17.4 Å². The van der Waals surface area contributed by atoms with E-state index in [1.165, 1.54) is 10.4 Å². The van der Waals surface area contributed by atoms with Crippen LogP contribution in [0.3, 0.4) is 0 Å². The Kier molecular flexibility index (Phi) is 5.32. The average Bonchev–Trinajstić information content (AvgIpc) is 2.96. The second-order valence-electron chi connectivity index (χ2n) is 4.86. The number of thiophene rings is 1. The van der Waals surface area contributed by atoms with E-state index in [0.717, 1.165) is 6.42 Å². The van der Waals surface area contributed by atoms with Gasteiger partial charge >= 0.3 is 0 Å². The first-order valence-electron chi connectivity index (χ1n) is 6.77. The summed E-state index contributed by atoms with van der Waals surface area (Å²) in [4.78, 5) is 15.2. The first-order chi connectivity index (χ1) is 9.66. The van der Waals surface area contributed by atoms with Crippen LogP contribution in [0.25, 0.3) is 0 Å². The number of carbonyl (C=O) groups excluding carboxylic acids is 1. The fourth-order valence-electron chi connectivity index (χ4n) is 2.05. The molecule has 106 valence electrons. The summed E-state index contributed by atoms with van der Waals surface area (Å²) in [5.41, 5.74) is 6.98. The summed E-state index contributed by atoms with van der Waals surface area (Å²) in [7, 11) is 0. The van der Waals surface area contributed by atoms with Crippen molar-refractivity contribution in [2.75, 3.05) is 6.54 Å². The Morgan fingerprint density at radius 1 is 1.25 bits per heavy atom. The van der Waals surface area contributed by atoms with E-state index >= 15 is 0 Å². The summed E-state index contributed by atoms with van der Waals surface area (Å²) < 4.78 is 0. The van der Waals surface area contributed by atoms with Crippen molar-refractivity contribution in [3.05, 3.63) is 58.3 Å². The minimum absolute atomic E-state index is 0.00864. The molecule has 1 atom stereocenters. The van der Waals surface area contributed by atoms with Gasteiger partial charge in [0.05, 0.1) is 12.6 Å². The van der Waals surface area contributed by atoms with Crippen molar-refractivity contribution < 1.29 is 4.79 Å². The van der Waals surface area contributed by atoms with Gasteiger partial charge in [-0.3, -0.25) is 4.79 Å². The Morgan fingerprint density at radius 2 is 2.00 bits per heavy atom. The highest BCUT2D eigenvalue weighted by Crippen LogP contribution is 2.13. The predicted molar refractivity (Wildman–Crippen MR) is 83.5 cm³/mol. The van der Waals surface area contributed by atoms with E-state index in [1.54, 1.807) is 18.3 Å². The van der Waals surface area contributed by atoms with Gasteiger partial charge in [0, 0.05) is 11.4 Å². The largest absolute Gasteiger partial charge is 0.336 e. The zero-order valence-electron chi connectivity index (χ0n) is 11.7. The number of nitrogens with two attached hydrogens (primary N) is 1. The van der Waals surface area contributed by atoms with E-state index in [0.29, 0.717) is 13.1 Å². The summed E-state index contributed by atoms with van der Waals surface area (Å²) in [6, 6.07) is 13.8. The van der Waals surface area contributed by atoms with Gasteiger partial charge in [-0.1, -0.05) is 36.4 Å². The Balaban J connectivity index is 2.01. The molecule has 20 heavy (non-hydrogen) atoms. The molecule has 4 heteroatoms. The molecule has 0 bridgehead atoms. The van der Waals surface area contributed by atoms with E-state index in [4.69, 9.17) is 5.73 Å². The first-order valence-corrected chi connectivity index (χ1v) is 7.65. The molecule has 2 aromatic rings. The lowest BCUT2D eigenvalue weighted by Crippen LogP contribution is -2.42. The van der Waals surface area contributed by atoms with Crippen molar-refractivity contribution in [1.82, 2.24) is 4.90 Å². The SMILES string of the molecule is C[C@H](N)C(=O)N(CCc1ccccc1)Cc1cccs1. The van der Waals surface area contributed by atoms with Gasteiger partial charge < -0.3 is 10.6 Å². The molecule has 1 heterocycles. The lowest BCUT2D eigenvalue weighted by Gasteiger charge is -2.24. The van der Waals surface area contributed by atoms with Gasteiger partial charge in [-0.2, -0.15) is 0 Å². The lowest BCUT2D eigenvalue weighted by atomic mass is 10.1. The van der Waals surface area contributed by atoms with Gasteiger partial charge in [-0.05, 0) is 30.4 Å². The standard InChI is InChI=1S/C16H20N2OS/c1-13(17)16(19)18(12-15-8-5-11-20-15)10-9-14-6-3-2-4-7-14/h2-8,11,13H,9-10,12,17H2,1H3/t13-/m0/s1. The lowest BCUT2D eigenvalue weighted by molar-refractivity contribution is -0.132. The summed E-state index contributed by atoms with van der Waals surface area (Å²) >= 11 is 1.67. The maximum Gasteiger partial charge on any atom is 0.239 e. The molecule has 0 spiro atoms. The number of benzene rings is 1. The van der Waals surface area contributed by atoms with Crippen LogP contribution in [0.5, 0.6) is 0 Å². The second kappa shape index (κ2) is 7.22. The highest BCUT2D eigenvalue weighted by atomic mass is 32.1. The molecule has 1 aromatic heterocycles. The smallest absolute Gasteiger partial charge is 0.239 e. The summed E-state index contributed by atoms with van der Waals surface area (Å²) in [5.74, 6) is 0.00864. The van der Waals surface area contributed by atoms with Crippen molar-refractivity contribution in [2.24, 2.45) is 5.73 Å². The molecule has 0 aliphatic heterocycles. The van der Waals surface area contributed by atoms with E-state index in [1.807, 2.05) is 34.5 Å². The predicted octanol–water partition coefficient (Wildman–Crippen LogP) is 2.67. The molecular weight excluding hydrogens is 268 g/mol. The van der Waals surface area contributed by atoms with Crippen LogP contribution in [0.4, 0.5) is 0 Å². The molecule has 0 unspecified atom stereocenters. The molecule has 0 radical (unpaired) electrons. The van der Waals surface area contributed by atoms with Gasteiger partial charge in [0.15, 0.2) is 0 Å². The zero-order chi connectivity index (χ0) is 14.4. The Morgan fingerprint density at radius 3 is 2.60 bits per heavy atom. The zero-order valence-corrected chi connectivity index (χ0v) is 12.5. The second-order valence-corrected chi connectivity index (χ2v) is 5.90. The van der Waals surface area contributed by atoms with E-state index in [2.05, 4.69) is 18.2 Å². The summed E-state index contributed by atoms with van der Waals surface area (Å²) in [6.07, 6.45) is 0.852. The Hall–Kier alpha value is -1.65. The van der Waals surface area contributed by atoms with Gasteiger partial charge in [-0.25, -0.2) is 0 Å². The molecule has 1 aromatic carbocycles. The number of carbonyl (C=O) groups is 1. The third-order valence-electron chi connectivity index (χ3n) is 3.14. The Labute approximate surface area is 124 Å². The maximum absolute atomic E-state index is 12.2. The summed E-state index contributed by atoms with van der Waals surface area (Å²) in [5, 5.41) is 2.03. The molecule has 1 amide bonds. The number of nitrogens with zero attached hydrogens (tertiary/aromatic N) is 1. The molecule has 2 N–H and O–H groups in total. The topological polar surface area (TPSA) is 46.3 Å². The van der Waals surface area contributed by atoms with Crippen molar-refractivity contribution >= 4 is 17.2 Å². The number of hydrogen-bond donors (Lipinski definition) is 1. The van der Waals surface area contributed by atoms with Crippen LogP contribution in [0, 0.1) is 0 Å². The molecular formula is C16H20N2OS. The van der Waals surface area contributed by atoms with Crippen molar-refractivity contribution in [2.45, 2.75) is 25.9 Å². The minimum atomic E-state index is -0.453. The van der Waals surface area contributed by atoms with Crippen LogP contribution < -0.4 is 5.73 Å².